The molecule has 1 saturated carbocycles. The Bertz CT molecular complexity index is 364. The largest absolute Gasteiger partial charge is 0.396 e. The lowest BCUT2D eigenvalue weighted by Crippen LogP contribution is -2.35. The first-order valence-corrected chi connectivity index (χ1v) is 7.00. The van der Waals surface area contributed by atoms with Gasteiger partial charge in [-0.25, -0.2) is 4.98 Å². The molecule has 0 amide bonds. The zero-order valence-corrected chi connectivity index (χ0v) is 11.5. The summed E-state index contributed by atoms with van der Waals surface area (Å²) in [6.45, 7) is 1.10. The highest BCUT2D eigenvalue weighted by Crippen LogP contribution is 2.36. The number of hydrogen-bond acceptors (Lipinski definition) is 3. The molecule has 4 heteroatoms. The topological polar surface area (TPSA) is 45.1 Å². The molecule has 1 aliphatic carbocycles. The Hall–Kier alpha value is -0.610. The predicted molar refractivity (Wildman–Crippen MR) is 73.0 cm³/mol. The zero-order chi connectivity index (χ0) is 12.1. The maximum atomic E-state index is 9.62. The quantitative estimate of drug-likeness (QED) is 0.839. The van der Waals surface area contributed by atoms with Crippen LogP contribution in [0.3, 0.4) is 0 Å². The Morgan fingerprint density at radius 3 is 2.76 bits per heavy atom. The van der Waals surface area contributed by atoms with E-state index in [1.54, 1.807) is 6.20 Å². The van der Waals surface area contributed by atoms with E-state index in [1.165, 1.54) is 19.3 Å². The number of aliphatic hydroxyl groups is 1. The van der Waals surface area contributed by atoms with Gasteiger partial charge in [-0.05, 0) is 40.9 Å². The Morgan fingerprint density at radius 1 is 1.35 bits per heavy atom. The molecule has 0 saturated heterocycles. The summed E-state index contributed by atoms with van der Waals surface area (Å²) >= 11 is 3.42. The lowest BCUT2D eigenvalue weighted by molar-refractivity contribution is 0.0944. The van der Waals surface area contributed by atoms with Gasteiger partial charge in [-0.15, -0.1) is 0 Å². The van der Waals surface area contributed by atoms with Gasteiger partial charge < -0.3 is 10.4 Å². The molecule has 0 radical (unpaired) electrons. The van der Waals surface area contributed by atoms with E-state index in [4.69, 9.17) is 0 Å². The van der Waals surface area contributed by atoms with Crippen molar-refractivity contribution in [2.45, 2.75) is 32.1 Å². The summed E-state index contributed by atoms with van der Waals surface area (Å²) in [6.07, 6.45) is 7.77. The van der Waals surface area contributed by atoms with E-state index in [-0.39, 0.29) is 12.0 Å². The van der Waals surface area contributed by atoms with E-state index >= 15 is 0 Å². The molecule has 0 spiro atoms. The zero-order valence-electron chi connectivity index (χ0n) is 9.95. The fourth-order valence-electron chi connectivity index (χ4n) is 2.49. The fourth-order valence-corrected chi connectivity index (χ4v) is 2.88. The highest BCUT2D eigenvalue weighted by molar-refractivity contribution is 9.10. The SMILES string of the molecule is OCC1(CNc2cccnc2Br)CCCCC1. The van der Waals surface area contributed by atoms with Gasteiger partial charge in [0, 0.05) is 18.2 Å². The van der Waals surface area contributed by atoms with E-state index in [9.17, 15) is 5.11 Å². The van der Waals surface area contributed by atoms with Crippen LogP contribution >= 0.6 is 15.9 Å². The molecule has 0 aliphatic heterocycles. The predicted octanol–water partition coefficient (Wildman–Crippen LogP) is 3.20. The van der Waals surface area contributed by atoms with Gasteiger partial charge >= 0.3 is 0 Å². The number of nitrogens with zero attached hydrogens (tertiary/aromatic N) is 1. The van der Waals surface area contributed by atoms with Crippen LogP contribution in [0.2, 0.25) is 0 Å². The van der Waals surface area contributed by atoms with E-state index < -0.39 is 0 Å². The minimum absolute atomic E-state index is 0.0630. The Labute approximate surface area is 111 Å². The van der Waals surface area contributed by atoms with Gasteiger partial charge in [-0.2, -0.15) is 0 Å². The van der Waals surface area contributed by atoms with Crippen molar-refractivity contribution in [3.05, 3.63) is 22.9 Å². The van der Waals surface area contributed by atoms with E-state index in [0.29, 0.717) is 0 Å². The third-order valence-corrected chi connectivity index (χ3v) is 4.29. The van der Waals surface area contributed by atoms with E-state index in [1.807, 2.05) is 12.1 Å². The van der Waals surface area contributed by atoms with Gasteiger partial charge in [0.2, 0.25) is 0 Å². The summed E-state index contributed by atoms with van der Waals surface area (Å²) in [5, 5.41) is 13.0. The van der Waals surface area contributed by atoms with Crippen LogP contribution in [-0.2, 0) is 0 Å². The monoisotopic (exact) mass is 298 g/mol. The van der Waals surface area contributed by atoms with Gasteiger partial charge in [0.1, 0.15) is 4.60 Å². The molecule has 1 aromatic rings. The number of hydrogen-bond donors (Lipinski definition) is 2. The number of anilines is 1. The second-order valence-electron chi connectivity index (χ2n) is 4.91. The first-order chi connectivity index (χ1) is 8.26. The molecule has 2 rings (SSSR count). The van der Waals surface area contributed by atoms with E-state index in [2.05, 4.69) is 26.2 Å². The molecular formula is C13H19BrN2O. The number of halogens is 1. The van der Waals surface area contributed by atoms with Gasteiger partial charge in [0.05, 0.1) is 12.3 Å². The highest BCUT2D eigenvalue weighted by Gasteiger charge is 2.31. The molecule has 1 aromatic heterocycles. The van der Waals surface area contributed by atoms with Crippen LogP contribution in [0.5, 0.6) is 0 Å². The molecule has 1 heterocycles. The van der Waals surface area contributed by atoms with Crippen LogP contribution in [-0.4, -0.2) is 23.2 Å². The number of aliphatic hydroxyl groups excluding tert-OH is 1. The molecule has 0 atom stereocenters. The van der Waals surface area contributed by atoms with Crippen molar-refractivity contribution in [1.82, 2.24) is 4.98 Å². The summed E-state index contributed by atoms with van der Waals surface area (Å²) in [5.41, 5.74) is 1.07. The fraction of sp³-hybridized carbons (Fsp3) is 0.615. The van der Waals surface area contributed by atoms with Crippen molar-refractivity contribution < 1.29 is 5.11 Å². The van der Waals surface area contributed by atoms with Crippen LogP contribution in [0.1, 0.15) is 32.1 Å². The number of aromatic nitrogens is 1. The van der Waals surface area contributed by atoms with Crippen molar-refractivity contribution in [3.8, 4) is 0 Å². The average Bonchev–Trinajstić information content (AvgIpc) is 2.39. The van der Waals surface area contributed by atoms with Crippen LogP contribution in [0, 0.1) is 5.41 Å². The molecule has 3 nitrogen and oxygen atoms in total. The van der Waals surface area contributed by atoms with Crippen LogP contribution in [0.15, 0.2) is 22.9 Å². The number of nitrogens with one attached hydrogen (secondary N) is 1. The molecule has 2 N–H and O–H groups in total. The minimum atomic E-state index is 0.0630. The molecule has 17 heavy (non-hydrogen) atoms. The van der Waals surface area contributed by atoms with Crippen molar-refractivity contribution in [3.63, 3.8) is 0 Å². The van der Waals surface area contributed by atoms with Crippen molar-refractivity contribution in [2.24, 2.45) is 5.41 Å². The Morgan fingerprint density at radius 2 is 2.12 bits per heavy atom. The Kier molecular flexibility index (Phi) is 4.40. The molecule has 0 bridgehead atoms. The van der Waals surface area contributed by atoms with Gasteiger partial charge in [0.15, 0.2) is 0 Å². The van der Waals surface area contributed by atoms with Crippen molar-refractivity contribution in [1.29, 1.82) is 0 Å². The minimum Gasteiger partial charge on any atom is -0.396 e. The van der Waals surface area contributed by atoms with Gasteiger partial charge in [-0.1, -0.05) is 19.3 Å². The summed E-state index contributed by atoms with van der Waals surface area (Å²) in [4.78, 5) is 4.18. The maximum Gasteiger partial charge on any atom is 0.129 e. The van der Waals surface area contributed by atoms with Gasteiger partial charge in [-0.3, -0.25) is 0 Å². The normalized spacial score (nSPS) is 18.9. The molecule has 94 valence electrons. The lowest BCUT2D eigenvalue weighted by Gasteiger charge is -2.36. The van der Waals surface area contributed by atoms with Crippen molar-refractivity contribution >= 4 is 21.6 Å². The summed E-state index contributed by atoms with van der Waals surface area (Å²) in [7, 11) is 0. The second kappa shape index (κ2) is 5.83. The third kappa shape index (κ3) is 3.19. The molecule has 1 fully saturated rings. The summed E-state index contributed by atoms with van der Waals surface area (Å²) in [6, 6.07) is 3.92. The summed E-state index contributed by atoms with van der Waals surface area (Å²) in [5.74, 6) is 0. The average molecular weight is 299 g/mol. The number of rotatable bonds is 4. The highest BCUT2D eigenvalue weighted by atomic mass is 79.9. The first kappa shape index (κ1) is 12.8. The summed E-state index contributed by atoms with van der Waals surface area (Å²) < 4.78 is 0.837. The smallest absolute Gasteiger partial charge is 0.129 e. The number of pyridine rings is 1. The first-order valence-electron chi connectivity index (χ1n) is 6.21. The van der Waals surface area contributed by atoms with Crippen LogP contribution in [0.4, 0.5) is 5.69 Å². The molecule has 0 aromatic carbocycles. The van der Waals surface area contributed by atoms with Crippen molar-refractivity contribution in [2.75, 3.05) is 18.5 Å². The lowest BCUT2D eigenvalue weighted by atomic mass is 9.74. The molecular weight excluding hydrogens is 280 g/mol. The maximum absolute atomic E-state index is 9.62. The van der Waals surface area contributed by atoms with Crippen LogP contribution in [0.25, 0.3) is 0 Å². The standard InChI is InChI=1S/C13H19BrN2O/c14-12-11(5-4-8-15-12)16-9-13(10-17)6-2-1-3-7-13/h4-5,8,16-17H,1-3,6-7,9-10H2. The molecule has 0 unspecified atom stereocenters. The third-order valence-electron chi connectivity index (χ3n) is 3.66. The van der Waals surface area contributed by atoms with E-state index in [0.717, 1.165) is 29.7 Å². The Balaban J connectivity index is 1.98. The van der Waals surface area contributed by atoms with Crippen LogP contribution < -0.4 is 5.32 Å². The van der Waals surface area contributed by atoms with Gasteiger partial charge in [0.25, 0.3) is 0 Å². The second-order valence-corrected chi connectivity index (χ2v) is 5.67. The molecule has 1 aliphatic rings.